The van der Waals surface area contributed by atoms with Crippen molar-refractivity contribution >= 4 is 28.7 Å². The van der Waals surface area contributed by atoms with Crippen LogP contribution in [0.1, 0.15) is 16.9 Å². The summed E-state index contributed by atoms with van der Waals surface area (Å²) in [7, 11) is 3.91. The quantitative estimate of drug-likeness (QED) is 0.724. The molecule has 1 amide bonds. The van der Waals surface area contributed by atoms with Gasteiger partial charge in [-0.2, -0.15) is 5.10 Å². The number of anilines is 2. The fourth-order valence-corrected chi connectivity index (χ4v) is 2.97. The van der Waals surface area contributed by atoms with E-state index in [1.165, 1.54) is 10.4 Å². The molecule has 2 heterocycles. The summed E-state index contributed by atoms with van der Waals surface area (Å²) >= 11 is 1.71. The Morgan fingerprint density at radius 1 is 1.35 bits per heavy atom. The van der Waals surface area contributed by atoms with E-state index < -0.39 is 0 Å². The van der Waals surface area contributed by atoms with Gasteiger partial charge in [-0.05, 0) is 30.4 Å². The van der Waals surface area contributed by atoms with Crippen LogP contribution in [-0.2, 0) is 11.2 Å². The topological polar surface area (TPSA) is 70.2 Å². The average molecular weight is 333 g/mol. The summed E-state index contributed by atoms with van der Waals surface area (Å²) in [6.45, 7) is 3.27. The standard InChI is InChI=1S/C16H23N5OS/c1-12-6-9-23-14(12)4-5-16(22)18-8-7-17-15-10-13(21(2)3)11-19-20-15/h6,9-11H,4-5,7-8H2,1-3H3,(H,17,20)(H,18,22). The smallest absolute Gasteiger partial charge is 0.220 e. The van der Waals surface area contributed by atoms with Crippen molar-refractivity contribution in [2.24, 2.45) is 0 Å². The number of aromatic nitrogens is 2. The molecule has 2 rings (SSSR count). The zero-order chi connectivity index (χ0) is 16.7. The summed E-state index contributed by atoms with van der Waals surface area (Å²) in [5.41, 5.74) is 2.25. The number of carbonyl (C=O) groups is 1. The van der Waals surface area contributed by atoms with Crippen LogP contribution in [0.4, 0.5) is 11.5 Å². The minimum atomic E-state index is 0.0766. The van der Waals surface area contributed by atoms with Gasteiger partial charge in [0.1, 0.15) is 0 Å². The van der Waals surface area contributed by atoms with Crippen molar-refractivity contribution in [2.75, 3.05) is 37.4 Å². The molecule has 7 heteroatoms. The van der Waals surface area contributed by atoms with E-state index in [0.29, 0.717) is 25.3 Å². The highest BCUT2D eigenvalue weighted by Crippen LogP contribution is 2.17. The third-order valence-corrected chi connectivity index (χ3v) is 4.54. The minimum absolute atomic E-state index is 0.0766. The van der Waals surface area contributed by atoms with Crippen molar-refractivity contribution in [3.05, 3.63) is 34.2 Å². The maximum absolute atomic E-state index is 11.8. The molecule has 0 unspecified atom stereocenters. The summed E-state index contributed by atoms with van der Waals surface area (Å²) in [6, 6.07) is 4.01. The number of nitrogens with zero attached hydrogens (tertiary/aromatic N) is 3. The lowest BCUT2D eigenvalue weighted by molar-refractivity contribution is -0.120. The average Bonchev–Trinajstić information content (AvgIpc) is 2.95. The van der Waals surface area contributed by atoms with E-state index >= 15 is 0 Å². The Labute approximate surface area is 140 Å². The van der Waals surface area contributed by atoms with E-state index in [-0.39, 0.29) is 5.91 Å². The van der Waals surface area contributed by atoms with Crippen molar-refractivity contribution in [2.45, 2.75) is 19.8 Å². The van der Waals surface area contributed by atoms with E-state index in [2.05, 4.69) is 39.2 Å². The highest BCUT2D eigenvalue weighted by atomic mass is 32.1. The van der Waals surface area contributed by atoms with Gasteiger partial charge in [-0.25, -0.2) is 0 Å². The molecule has 2 N–H and O–H groups in total. The number of rotatable bonds is 8. The Balaban J connectivity index is 1.66. The normalized spacial score (nSPS) is 10.4. The van der Waals surface area contributed by atoms with Gasteiger partial charge in [0.05, 0.1) is 11.9 Å². The molecule has 0 fully saturated rings. The van der Waals surface area contributed by atoms with Crippen LogP contribution in [0.5, 0.6) is 0 Å². The molecular formula is C16H23N5OS. The third-order valence-electron chi connectivity index (χ3n) is 3.46. The lowest BCUT2D eigenvalue weighted by Gasteiger charge is -2.13. The number of hydrogen-bond donors (Lipinski definition) is 2. The molecule has 0 saturated carbocycles. The van der Waals surface area contributed by atoms with Crippen molar-refractivity contribution in [3.8, 4) is 0 Å². The van der Waals surface area contributed by atoms with Crippen LogP contribution in [0, 0.1) is 6.92 Å². The molecule has 2 aromatic heterocycles. The van der Waals surface area contributed by atoms with Gasteiger partial charge in [-0.1, -0.05) is 0 Å². The summed E-state index contributed by atoms with van der Waals surface area (Å²) in [6.07, 6.45) is 3.04. The van der Waals surface area contributed by atoms with Crippen LogP contribution < -0.4 is 15.5 Å². The number of aryl methyl sites for hydroxylation is 2. The number of hydrogen-bond acceptors (Lipinski definition) is 6. The first-order chi connectivity index (χ1) is 11.1. The van der Waals surface area contributed by atoms with Gasteiger partial charge in [-0.3, -0.25) is 4.79 Å². The summed E-state index contributed by atoms with van der Waals surface area (Å²) in [5.74, 6) is 0.785. The van der Waals surface area contributed by atoms with Crippen molar-refractivity contribution < 1.29 is 4.79 Å². The summed E-state index contributed by atoms with van der Waals surface area (Å²) in [4.78, 5) is 15.1. The Hall–Kier alpha value is -2.15. The van der Waals surface area contributed by atoms with Crippen LogP contribution in [0.25, 0.3) is 0 Å². The van der Waals surface area contributed by atoms with E-state index in [1.54, 1.807) is 17.5 Å². The van der Waals surface area contributed by atoms with Gasteiger partial charge in [0.15, 0.2) is 5.82 Å². The zero-order valence-electron chi connectivity index (χ0n) is 13.8. The van der Waals surface area contributed by atoms with Crippen molar-refractivity contribution in [1.29, 1.82) is 0 Å². The van der Waals surface area contributed by atoms with Gasteiger partial charge in [-0.15, -0.1) is 16.4 Å². The van der Waals surface area contributed by atoms with Gasteiger partial charge in [0.2, 0.25) is 5.91 Å². The number of carbonyl (C=O) groups excluding carboxylic acids is 1. The Bertz CT molecular complexity index is 641. The molecule has 6 nitrogen and oxygen atoms in total. The first-order valence-corrected chi connectivity index (χ1v) is 8.48. The molecule has 0 bridgehead atoms. The molecule has 0 saturated heterocycles. The van der Waals surface area contributed by atoms with Crippen molar-refractivity contribution in [3.63, 3.8) is 0 Å². The lowest BCUT2D eigenvalue weighted by atomic mass is 10.2. The Kier molecular flexibility index (Phi) is 6.34. The number of amides is 1. The highest BCUT2D eigenvalue weighted by molar-refractivity contribution is 7.10. The third kappa shape index (κ3) is 5.52. The summed E-state index contributed by atoms with van der Waals surface area (Å²) < 4.78 is 0. The molecule has 124 valence electrons. The minimum Gasteiger partial charge on any atom is -0.376 e. The first-order valence-electron chi connectivity index (χ1n) is 7.60. The Morgan fingerprint density at radius 2 is 2.17 bits per heavy atom. The summed E-state index contributed by atoms with van der Waals surface area (Å²) in [5, 5.41) is 16.1. The molecule has 0 spiro atoms. The number of thiophene rings is 1. The lowest BCUT2D eigenvalue weighted by Crippen LogP contribution is -2.29. The maximum atomic E-state index is 11.8. The van der Waals surface area contributed by atoms with Gasteiger partial charge >= 0.3 is 0 Å². The van der Waals surface area contributed by atoms with Gasteiger partial charge < -0.3 is 15.5 Å². The predicted octanol–water partition coefficient (Wildman–Crippen LogP) is 2.07. The predicted molar refractivity (Wildman–Crippen MR) is 95.2 cm³/mol. The monoisotopic (exact) mass is 333 g/mol. The van der Waals surface area contributed by atoms with Crippen molar-refractivity contribution in [1.82, 2.24) is 15.5 Å². The second-order valence-corrected chi connectivity index (χ2v) is 6.50. The molecule has 23 heavy (non-hydrogen) atoms. The van der Waals surface area contributed by atoms with E-state index in [9.17, 15) is 4.79 Å². The molecular weight excluding hydrogens is 310 g/mol. The van der Waals surface area contributed by atoms with Gasteiger partial charge in [0.25, 0.3) is 0 Å². The largest absolute Gasteiger partial charge is 0.376 e. The van der Waals surface area contributed by atoms with Gasteiger partial charge in [0, 0.05) is 44.5 Å². The SMILES string of the molecule is Cc1ccsc1CCC(=O)NCCNc1cc(N(C)C)cnn1. The maximum Gasteiger partial charge on any atom is 0.220 e. The van der Waals surface area contributed by atoms with E-state index in [0.717, 1.165) is 12.1 Å². The Morgan fingerprint density at radius 3 is 2.87 bits per heavy atom. The zero-order valence-corrected chi connectivity index (χ0v) is 14.6. The van der Waals surface area contributed by atoms with Crippen LogP contribution in [-0.4, -0.2) is 43.3 Å². The molecule has 0 aliphatic heterocycles. The number of nitrogens with one attached hydrogen (secondary N) is 2. The molecule has 0 atom stereocenters. The fourth-order valence-electron chi connectivity index (χ4n) is 2.06. The van der Waals surface area contributed by atoms with E-state index in [4.69, 9.17) is 0 Å². The first kappa shape index (κ1) is 17.2. The second-order valence-electron chi connectivity index (χ2n) is 5.50. The highest BCUT2D eigenvalue weighted by Gasteiger charge is 2.05. The second kappa shape index (κ2) is 8.47. The van der Waals surface area contributed by atoms with Crippen LogP contribution in [0.15, 0.2) is 23.7 Å². The molecule has 0 aliphatic carbocycles. The molecule has 0 radical (unpaired) electrons. The fraction of sp³-hybridized carbons (Fsp3) is 0.438. The van der Waals surface area contributed by atoms with Crippen LogP contribution in [0.2, 0.25) is 0 Å². The molecule has 0 aromatic carbocycles. The van der Waals surface area contributed by atoms with Crippen LogP contribution in [0.3, 0.4) is 0 Å². The van der Waals surface area contributed by atoms with Crippen LogP contribution >= 0.6 is 11.3 Å². The molecule has 2 aromatic rings. The molecule has 0 aliphatic rings. The van der Waals surface area contributed by atoms with E-state index in [1.807, 2.05) is 25.1 Å².